The lowest BCUT2D eigenvalue weighted by atomic mass is 10.0. The molecule has 2 aliphatic heterocycles. The molecule has 0 saturated carbocycles. The number of rotatable bonds is 4. The molecule has 7 heteroatoms. The lowest BCUT2D eigenvalue weighted by Gasteiger charge is -2.28. The summed E-state index contributed by atoms with van der Waals surface area (Å²) in [5.41, 5.74) is 4.75. The molecule has 0 atom stereocenters. The van der Waals surface area contributed by atoms with Crippen LogP contribution in [0.1, 0.15) is 58.7 Å². The van der Waals surface area contributed by atoms with Crippen LogP contribution in [-0.2, 0) is 31.2 Å². The molecule has 1 fully saturated rings. The second-order valence-electron chi connectivity index (χ2n) is 8.10. The van der Waals surface area contributed by atoms with Gasteiger partial charge in [0.25, 0.3) is 5.91 Å². The van der Waals surface area contributed by atoms with Gasteiger partial charge in [-0.1, -0.05) is 0 Å². The van der Waals surface area contributed by atoms with E-state index in [-0.39, 0.29) is 11.8 Å². The maximum Gasteiger partial charge on any atom is 0.255 e. The highest BCUT2D eigenvalue weighted by atomic mass is 16.2. The Hall–Kier alpha value is -2.70. The zero-order chi connectivity index (χ0) is 20.4. The molecule has 0 bridgehead atoms. The molecule has 0 N–H and O–H groups in total. The first kappa shape index (κ1) is 19.6. The zero-order valence-electron chi connectivity index (χ0n) is 17.4. The Labute approximate surface area is 171 Å². The van der Waals surface area contributed by atoms with E-state index >= 15 is 0 Å². The van der Waals surface area contributed by atoms with Gasteiger partial charge < -0.3 is 9.80 Å². The fourth-order valence-corrected chi connectivity index (χ4v) is 4.35. The van der Waals surface area contributed by atoms with Crippen LogP contribution in [0.25, 0.3) is 0 Å². The minimum Gasteiger partial charge on any atom is -0.343 e. The Bertz CT molecular complexity index is 897. The molecular formula is C22H29N5O2. The van der Waals surface area contributed by atoms with Crippen molar-refractivity contribution in [2.45, 2.75) is 52.0 Å². The number of aromatic nitrogens is 3. The first-order valence-corrected chi connectivity index (χ1v) is 10.6. The van der Waals surface area contributed by atoms with Crippen LogP contribution in [0, 0.1) is 6.92 Å². The van der Waals surface area contributed by atoms with Gasteiger partial charge in [0.15, 0.2) is 0 Å². The highest BCUT2D eigenvalue weighted by molar-refractivity contribution is 5.94. The summed E-state index contributed by atoms with van der Waals surface area (Å²) >= 11 is 0. The van der Waals surface area contributed by atoms with E-state index < -0.39 is 0 Å². The summed E-state index contributed by atoms with van der Waals surface area (Å²) in [6.45, 7) is 4.89. The predicted octanol–water partition coefficient (Wildman–Crippen LogP) is 2.27. The van der Waals surface area contributed by atoms with E-state index in [1.807, 2.05) is 40.6 Å². The second kappa shape index (κ2) is 8.35. The van der Waals surface area contributed by atoms with E-state index in [9.17, 15) is 9.59 Å². The van der Waals surface area contributed by atoms with Crippen molar-refractivity contribution in [1.29, 1.82) is 0 Å². The number of nitrogens with zero attached hydrogens (tertiary/aromatic N) is 5. The molecule has 1 saturated heterocycles. The van der Waals surface area contributed by atoms with E-state index in [2.05, 4.69) is 10.1 Å². The van der Waals surface area contributed by atoms with Crippen molar-refractivity contribution in [3.63, 3.8) is 0 Å². The smallest absolute Gasteiger partial charge is 0.255 e. The molecule has 2 aromatic rings. The van der Waals surface area contributed by atoms with Gasteiger partial charge in [-0.15, -0.1) is 0 Å². The number of amides is 2. The molecule has 7 nitrogen and oxygen atoms in total. The monoisotopic (exact) mass is 395 g/mol. The van der Waals surface area contributed by atoms with E-state index in [1.54, 1.807) is 6.20 Å². The topological polar surface area (TPSA) is 71.3 Å². The number of piperidine rings is 1. The number of pyridine rings is 1. The number of hydrogen-bond acceptors (Lipinski definition) is 4. The fraction of sp³-hybridized carbons (Fsp3) is 0.545. The van der Waals surface area contributed by atoms with Gasteiger partial charge in [-0.2, -0.15) is 5.10 Å². The summed E-state index contributed by atoms with van der Waals surface area (Å²) in [6, 6.07) is 3.70. The summed E-state index contributed by atoms with van der Waals surface area (Å²) in [5.74, 6) is 0.223. The molecule has 154 valence electrons. The van der Waals surface area contributed by atoms with Crippen LogP contribution in [0.2, 0.25) is 0 Å². The lowest BCUT2D eigenvalue weighted by molar-refractivity contribution is -0.132. The first-order chi connectivity index (χ1) is 14.0. The maximum atomic E-state index is 12.9. The third-order valence-corrected chi connectivity index (χ3v) is 6.06. The van der Waals surface area contributed by atoms with Gasteiger partial charge in [-0.3, -0.25) is 19.3 Å². The van der Waals surface area contributed by atoms with Crippen LogP contribution in [-0.4, -0.2) is 56.0 Å². The van der Waals surface area contributed by atoms with Crippen LogP contribution in [0.4, 0.5) is 0 Å². The number of hydrogen-bond donors (Lipinski definition) is 0. The van der Waals surface area contributed by atoms with Crippen molar-refractivity contribution in [2.24, 2.45) is 7.05 Å². The third kappa shape index (κ3) is 4.18. The average Bonchev–Trinajstić information content (AvgIpc) is 3.07. The minimum absolute atomic E-state index is 0.00217. The van der Waals surface area contributed by atoms with Crippen molar-refractivity contribution >= 4 is 11.8 Å². The van der Waals surface area contributed by atoms with Gasteiger partial charge in [-0.05, 0) is 38.3 Å². The Morgan fingerprint density at radius 3 is 2.59 bits per heavy atom. The summed E-state index contributed by atoms with van der Waals surface area (Å²) in [7, 11) is 1.95. The Kier molecular flexibility index (Phi) is 5.65. The largest absolute Gasteiger partial charge is 0.343 e. The van der Waals surface area contributed by atoms with Crippen molar-refractivity contribution < 1.29 is 9.59 Å². The molecule has 0 unspecified atom stereocenters. The molecule has 4 rings (SSSR count). The Morgan fingerprint density at radius 1 is 1.07 bits per heavy atom. The van der Waals surface area contributed by atoms with Crippen LogP contribution in [0.5, 0.6) is 0 Å². The molecule has 0 spiro atoms. The highest BCUT2D eigenvalue weighted by Crippen LogP contribution is 2.24. The average molecular weight is 396 g/mol. The summed E-state index contributed by atoms with van der Waals surface area (Å²) in [6.07, 6.45) is 6.98. The molecule has 0 radical (unpaired) electrons. The van der Waals surface area contributed by atoms with E-state index in [4.69, 9.17) is 0 Å². The van der Waals surface area contributed by atoms with Gasteiger partial charge in [-0.25, -0.2) is 0 Å². The van der Waals surface area contributed by atoms with Crippen LogP contribution in [0.15, 0.2) is 18.3 Å². The van der Waals surface area contributed by atoms with Crippen LogP contribution < -0.4 is 0 Å². The molecular weight excluding hydrogens is 366 g/mol. The van der Waals surface area contributed by atoms with Crippen molar-refractivity contribution in [1.82, 2.24) is 24.6 Å². The molecule has 2 aromatic heterocycles. The van der Waals surface area contributed by atoms with Crippen LogP contribution in [0.3, 0.4) is 0 Å². The SMILES string of the molecule is Cc1ccc(C(=O)N2CCc3c(c(CCC(=O)N4CCCCC4)nn3C)C2)cn1. The Balaban J connectivity index is 1.45. The normalized spacial score (nSPS) is 16.6. The van der Waals surface area contributed by atoms with E-state index in [1.165, 1.54) is 12.1 Å². The summed E-state index contributed by atoms with van der Waals surface area (Å²) in [5, 5.41) is 4.68. The van der Waals surface area contributed by atoms with Crippen molar-refractivity contribution in [2.75, 3.05) is 19.6 Å². The van der Waals surface area contributed by atoms with Gasteiger partial charge in [0.2, 0.25) is 5.91 Å². The molecule has 29 heavy (non-hydrogen) atoms. The van der Waals surface area contributed by atoms with Crippen LogP contribution >= 0.6 is 0 Å². The summed E-state index contributed by atoms with van der Waals surface area (Å²) < 4.78 is 1.92. The number of likely N-dealkylation sites (tertiary alicyclic amines) is 1. The maximum absolute atomic E-state index is 12.9. The minimum atomic E-state index is 0.00217. The molecule has 4 heterocycles. The standard InChI is InChI=1S/C22H29N5O2/c1-16-6-7-17(14-23-16)22(29)27-13-10-20-18(15-27)19(24-25(20)2)8-9-21(28)26-11-4-3-5-12-26/h6-7,14H,3-5,8-13,15H2,1-2H3. The highest BCUT2D eigenvalue weighted by Gasteiger charge is 2.28. The van der Waals surface area contributed by atoms with Gasteiger partial charge >= 0.3 is 0 Å². The third-order valence-electron chi connectivity index (χ3n) is 6.06. The number of carbonyl (C=O) groups is 2. The number of aryl methyl sites for hydroxylation is 3. The zero-order valence-corrected chi connectivity index (χ0v) is 17.4. The van der Waals surface area contributed by atoms with Crippen molar-refractivity contribution in [3.05, 3.63) is 46.5 Å². The van der Waals surface area contributed by atoms with E-state index in [0.717, 1.165) is 49.3 Å². The first-order valence-electron chi connectivity index (χ1n) is 10.6. The number of carbonyl (C=O) groups excluding carboxylic acids is 2. The van der Waals surface area contributed by atoms with E-state index in [0.29, 0.717) is 31.5 Å². The summed E-state index contributed by atoms with van der Waals surface area (Å²) in [4.78, 5) is 33.6. The quantitative estimate of drug-likeness (QED) is 0.796. The van der Waals surface area contributed by atoms with Crippen molar-refractivity contribution in [3.8, 4) is 0 Å². The molecule has 2 aliphatic rings. The van der Waals surface area contributed by atoms with Gasteiger partial charge in [0, 0.05) is 75.6 Å². The molecule has 0 aromatic carbocycles. The predicted molar refractivity (Wildman–Crippen MR) is 109 cm³/mol. The molecule has 2 amide bonds. The second-order valence-corrected chi connectivity index (χ2v) is 8.10. The fourth-order valence-electron chi connectivity index (χ4n) is 4.35. The number of fused-ring (bicyclic) bond motifs is 1. The van der Waals surface area contributed by atoms with Gasteiger partial charge in [0.1, 0.15) is 0 Å². The lowest BCUT2D eigenvalue weighted by Crippen LogP contribution is -2.37. The molecule has 0 aliphatic carbocycles. The van der Waals surface area contributed by atoms with Gasteiger partial charge in [0.05, 0.1) is 11.3 Å². The Morgan fingerprint density at radius 2 is 1.86 bits per heavy atom.